The van der Waals surface area contributed by atoms with E-state index in [9.17, 15) is 0 Å². The topological polar surface area (TPSA) is 0 Å². The van der Waals surface area contributed by atoms with Crippen LogP contribution in [0, 0.1) is 0 Å². The van der Waals surface area contributed by atoms with Crippen molar-refractivity contribution >= 4 is 23.5 Å². The van der Waals surface area contributed by atoms with Gasteiger partial charge in [-0.25, -0.2) is 0 Å². The Hall–Kier alpha value is 0.440. The standard InChI is InChI=1S/C10H16S2/c1-2-5-9(6-3-1)10-11-7-4-8-12-10/h5,10H,1-4,6-8H2. The first kappa shape index (κ1) is 9.01. The zero-order valence-electron chi connectivity index (χ0n) is 7.42. The van der Waals surface area contributed by atoms with Gasteiger partial charge in [0.15, 0.2) is 0 Å². The first-order valence-electron chi connectivity index (χ1n) is 4.89. The third kappa shape index (κ3) is 2.23. The van der Waals surface area contributed by atoms with Crippen LogP contribution in [0.3, 0.4) is 0 Å². The Morgan fingerprint density at radius 1 is 1.08 bits per heavy atom. The van der Waals surface area contributed by atoms with Gasteiger partial charge in [0.2, 0.25) is 0 Å². The first-order chi connectivity index (χ1) is 5.97. The predicted octanol–water partition coefficient (Wildman–Crippen LogP) is 3.68. The third-order valence-corrected chi connectivity index (χ3v) is 5.53. The summed E-state index contributed by atoms with van der Waals surface area (Å²) in [5.41, 5.74) is 1.75. The normalized spacial score (nSPS) is 26.8. The van der Waals surface area contributed by atoms with Crippen molar-refractivity contribution in [3.8, 4) is 0 Å². The summed E-state index contributed by atoms with van der Waals surface area (Å²) in [6, 6.07) is 0. The monoisotopic (exact) mass is 200 g/mol. The molecule has 2 aliphatic rings. The second-order valence-corrected chi connectivity index (χ2v) is 6.18. The fourth-order valence-electron chi connectivity index (χ4n) is 1.78. The summed E-state index contributed by atoms with van der Waals surface area (Å²) in [6.45, 7) is 0. The summed E-state index contributed by atoms with van der Waals surface area (Å²) in [6.07, 6.45) is 9.49. The Morgan fingerprint density at radius 2 is 1.92 bits per heavy atom. The molecular weight excluding hydrogens is 184 g/mol. The number of rotatable bonds is 1. The van der Waals surface area contributed by atoms with E-state index < -0.39 is 0 Å². The summed E-state index contributed by atoms with van der Waals surface area (Å²) in [5, 5.41) is 0. The van der Waals surface area contributed by atoms with E-state index >= 15 is 0 Å². The van der Waals surface area contributed by atoms with Crippen LogP contribution in [0.4, 0.5) is 0 Å². The van der Waals surface area contributed by atoms with Crippen molar-refractivity contribution in [2.24, 2.45) is 0 Å². The maximum Gasteiger partial charge on any atom is 0.0711 e. The molecule has 0 amide bonds. The minimum absolute atomic E-state index is 0.832. The summed E-state index contributed by atoms with van der Waals surface area (Å²) in [7, 11) is 0. The van der Waals surface area contributed by atoms with Gasteiger partial charge in [-0.15, -0.1) is 23.5 Å². The van der Waals surface area contributed by atoms with Crippen LogP contribution in [0.25, 0.3) is 0 Å². The Bertz CT molecular complexity index is 169. The Balaban J connectivity index is 1.92. The van der Waals surface area contributed by atoms with Crippen molar-refractivity contribution in [2.45, 2.75) is 36.7 Å². The molecule has 0 aromatic heterocycles. The molecule has 1 saturated heterocycles. The molecule has 0 N–H and O–H groups in total. The highest BCUT2D eigenvalue weighted by Crippen LogP contribution is 2.38. The molecule has 1 aliphatic carbocycles. The number of thioether (sulfide) groups is 2. The zero-order chi connectivity index (χ0) is 8.23. The van der Waals surface area contributed by atoms with Crippen LogP contribution in [0.5, 0.6) is 0 Å². The Morgan fingerprint density at radius 3 is 2.58 bits per heavy atom. The molecule has 0 saturated carbocycles. The largest absolute Gasteiger partial charge is 0.143 e. The van der Waals surface area contributed by atoms with Crippen LogP contribution in [0.2, 0.25) is 0 Å². The van der Waals surface area contributed by atoms with Gasteiger partial charge in [-0.05, 0) is 43.6 Å². The van der Waals surface area contributed by atoms with Crippen molar-refractivity contribution in [3.05, 3.63) is 11.6 Å². The van der Waals surface area contributed by atoms with Crippen molar-refractivity contribution < 1.29 is 0 Å². The van der Waals surface area contributed by atoms with E-state index in [0.717, 1.165) is 4.58 Å². The van der Waals surface area contributed by atoms with Crippen LogP contribution in [0.1, 0.15) is 32.1 Å². The molecule has 0 unspecified atom stereocenters. The van der Waals surface area contributed by atoms with Crippen molar-refractivity contribution in [3.63, 3.8) is 0 Å². The van der Waals surface area contributed by atoms with Gasteiger partial charge in [-0.1, -0.05) is 11.6 Å². The smallest absolute Gasteiger partial charge is 0.0711 e. The fraction of sp³-hybridized carbons (Fsp3) is 0.800. The van der Waals surface area contributed by atoms with E-state index in [1.165, 1.54) is 43.6 Å². The number of hydrogen-bond acceptors (Lipinski definition) is 2. The highest BCUT2D eigenvalue weighted by molar-refractivity contribution is 8.17. The van der Waals surface area contributed by atoms with Gasteiger partial charge >= 0.3 is 0 Å². The van der Waals surface area contributed by atoms with Crippen molar-refractivity contribution in [1.29, 1.82) is 0 Å². The molecule has 68 valence electrons. The van der Waals surface area contributed by atoms with Crippen LogP contribution in [-0.4, -0.2) is 16.1 Å². The van der Waals surface area contributed by atoms with Gasteiger partial charge < -0.3 is 0 Å². The predicted molar refractivity (Wildman–Crippen MR) is 59.9 cm³/mol. The van der Waals surface area contributed by atoms with Gasteiger partial charge in [0, 0.05) is 0 Å². The van der Waals surface area contributed by atoms with E-state index in [1.54, 1.807) is 5.57 Å². The lowest BCUT2D eigenvalue weighted by atomic mass is 10.0. The lowest BCUT2D eigenvalue weighted by Gasteiger charge is -2.25. The van der Waals surface area contributed by atoms with Gasteiger partial charge in [0.25, 0.3) is 0 Å². The highest BCUT2D eigenvalue weighted by Gasteiger charge is 2.19. The molecule has 1 fully saturated rings. The van der Waals surface area contributed by atoms with Crippen LogP contribution < -0.4 is 0 Å². The summed E-state index contributed by atoms with van der Waals surface area (Å²) < 4.78 is 0.832. The third-order valence-electron chi connectivity index (χ3n) is 2.46. The van der Waals surface area contributed by atoms with Crippen LogP contribution in [-0.2, 0) is 0 Å². The van der Waals surface area contributed by atoms with E-state index in [2.05, 4.69) is 29.6 Å². The molecule has 0 radical (unpaired) electrons. The maximum absolute atomic E-state index is 2.50. The number of hydrogen-bond donors (Lipinski definition) is 0. The maximum atomic E-state index is 2.50. The molecule has 0 atom stereocenters. The second-order valence-electron chi connectivity index (χ2n) is 3.45. The Kier molecular flexibility index (Phi) is 3.47. The van der Waals surface area contributed by atoms with E-state index in [-0.39, 0.29) is 0 Å². The second kappa shape index (κ2) is 4.61. The quantitative estimate of drug-likeness (QED) is 0.592. The Labute approximate surface area is 83.6 Å². The molecule has 0 nitrogen and oxygen atoms in total. The van der Waals surface area contributed by atoms with Crippen molar-refractivity contribution in [1.82, 2.24) is 0 Å². The van der Waals surface area contributed by atoms with E-state index in [0.29, 0.717) is 0 Å². The molecule has 12 heavy (non-hydrogen) atoms. The van der Waals surface area contributed by atoms with E-state index in [1.807, 2.05) is 0 Å². The van der Waals surface area contributed by atoms with E-state index in [4.69, 9.17) is 0 Å². The molecule has 2 heteroatoms. The SMILES string of the molecule is C1=C(C2SCCCS2)CCCC1. The van der Waals surface area contributed by atoms with Crippen molar-refractivity contribution in [2.75, 3.05) is 11.5 Å². The summed E-state index contributed by atoms with van der Waals surface area (Å²) in [5.74, 6) is 2.77. The molecule has 2 rings (SSSR count). The minimum atomic E-state index is 0.832. The minimum Gasteiger partial charge on any atom is -0.143 e. The van der Waals surface area contributed by atoms with Crippen LogP contribution >= 0.6 is 23.5 Å². The molecule has 1 heterocycles. The molecule has 0 spiro atoms. The summed E-state index contributed by atoms with van der Waals surface area (Å²) in [4.78, 5) is 0. The fourth-order valence-corrected chi connectivity index (χ4v) is 4.83. The first-order valence-corrected chi connectivity index (χ1v) is 6.99. The molecule has 0 bridgehead atoms. The molecule has 1 aliphatic heterocycles. The highest BCUT2D eigenvalue weighted by atomic mass is 32.2. The molecule has 0 aromatic rings. The molecule has 0 aromatic carbocycles. The van der Waals surface area contributed by atoms with Gasteiger partial charge in [-0.3, -0.25) is 0 Å². The average molecular weight is 200 g/mol. The number of allylic oxidation sites excluding steroid dienone is 1. The average Bonchev–Trinajstić information content (AvgIpc) is 2.21. The molecular formula is C10H16S2. The van der Waals surface area contributed by atoms with Gasteiger partial charge in [-0.2, -0.15) is 0 Å². The van der Waals surface area contributed by atoms with Crippen LogP contribution in [0.15, 0.2) is 11.6 Å². The lowest BCUT2D eigenvalue weighted by Crippen LogP contribution is -2.11. The zero-order valence-corrected chi connectivity index (χ0v) is 9.05. The summed E-state index contributed by atoms with van der Waals surface area (Å²) >= 11 is 4.33. The van der Waals surface area contributed by atoms with Gasteiger partial charge in [0.05, 0.1) is 4.58 Å². The van der Waals surface area contributed by atoms with Gasteiger partial charge in [0.1, 0.15) is 0 Å². The lowest BCUT2D eigenvalue weighted by molar-refractivity contribution is 0.699.